The fourth-order valence-corrected chi connectivity index (χ4v) is 3.03. The average molecular weight is 447 g/mol. The Bertz CT molecular complexity index is 1040. The summed E-state index contributed by atoms with van der Waals surface area (Å²) in [7, 11) is 0. The minimum Gasteiger partial charge on any atom is -0.490 e. The number of rotatable bonds is 8. The van der Waals surface area contributed by atoms with E-state index in [2.05, 4.69) is 10.3 Å². The number of nitrogens with zero attached hydrogens (tertiary/aromatic N) is 3. The molecule has 1 aromatic heterocycles. The number of halogens is 1. The van der Waals surface area contributed by atoms with Crippen molar-refractivity contribution >= 4 is 46.7 Å². The molecular formula is C20H19ClN4O6. The molecule has 31 heavy (non-hydrogen) atoms. The average Bonchev–Trinajstić information content (AvgIpc) is 2.95. The molecule has 11 heteroatoms. The number of aromatic nitrogens is 1. The van der Waals surface area contributed by atoms with Crippen LogP contribution in [-0.2, 0) is 14.4 Å². The van der Waals surface area contributed by atoms with Crippen molar-refractivity contribution in [2.24, 2.45) is 0 Å². The van der Waals surface area contributed by atoms with Gasteiger partial charge in [0.2, 0.25) is 5.91 Å². The first-order valence-corrected chi connectivity index (χ1v) is 9.75. The number of ether oxygens (including phenoxy) is 2. The number of urea groups is 1. The molecule has 1 aliphatic rings. The van der Waals surface area contributed by atoms with Crippen LogP contribution in [0.4, 0.5) is 16.2 Å². The van der Waals surface area contributed by atoms with Gasteiger partial charge in [0.15, 0.2) is 16.7 Å². The lowest BCUT2D eigenvalue weighted by atomic mass is 10.2. The van der Waals surface area contributed by atoms with Gasteiger partial charge in [-0.2, -0.15) is 0 Å². The van der Waals surface area contributed by atoms with Crippen molar-refractivity contribution in [2.45, 2.75) is 13.8 Å². The topological polar surface area (TPSA) is 118 Å². The second kappa shape index (κ2) is 9.43. The standard InChI is InChI=1S/C20H19ClN4O6/c1-3-30-14-8-7-12(10-15(14)31-4-2)25-19(28)18(27)24(20(25)29)11-16(26)23-13-6-5-9-22-17(13)21/h5-10H,3-4,11H2,1-2H3,(H,23,26). The second-order valence-electron chi connectivity index (χ2n) is 6.20. The number of hydrogen-bond acceptors (Lipinski definition) is 7. The van der Waals surface area contributed by atoms with Crippen LogP contribution in [0.15, 0.2) is 36.5 Å². The SMILES string of the molecule is CCOc1ccc(N2C(=O)C(=O)N(CC(=O)Nc3cccnc3Cl)C2=O)cc1OCC. The summed E-state index contributed by atoms with van der Waals surface area (Å²) >= 11 is 5.89. The number of anilines is 2. The van der Waals surface area contributed by atoms with Crippen molar-refractivity contribution in [3.63, 3.8) is 0 Å². The maximum atomic E-state index is 12.8. The maximum Gasteiger partial charge on any atom is 0.339 e. The molecule has 0 atom stereocenters. The van der Waals surface area contributed by atoms with E-state index in [4.69, 9.17) is 21.1 Å². The molecule has 0 aliphatic carbocycles. The van der Waals surface area contributed by atoms with E-state index < -0.39 is 30.3 Å². The normalized spacial score (nSPS) is 13.6. The third-order valence-corrected chi connectivity index (χ3v) is 4.47. The highest BCUT2D eigenvalue weighted by Gasteiger charge is 2.46. The van der Waals surface area contributed by atoms with Crippen molar-refractivity contribution in [1.29, 1.82) is 0 Å². The molecule has 10 nitrogen and oxygen atoms in total. The summed E-state index contributed by atoms with van der Waals surface area (Å²) in [5.74, 6) is -2.17. The Hall–Kier alpha value is -3.66. The van der Waals surface area contributed by atoms with E-state index in [0.29, 0.717) is 34.5 Å². The summed E-state index contributed by atoms with van der Waals surface area (Å²) in [6, 6.07) is 6.53. The van der Waals surface area contributed by atoms with Gasteiger partial charge in [0, 0.05) is 12.3 Å². The molecular weight excluding hydrogens is 428 g/mol. The Morgan fingerprint density at radius 2 is 1.77 bits per heavy atom. The van der Waals surface area contributed by atoms with Crippen LogP contribution >= 0.6 is 11.6 Å². The van der Waals surface area contributed by atoms with E-state index in [1.54, 1.807) is 19.9 Å². The molecule has 1 aromatic carbocycles. The van der Waals surface area contributed by atoms with Gasteiger partial charge >= 0.3 is 17.8 Å². The number of imide groups is 2. The summed E-state index contributed by atoms with van der Waals surface area (Å²) < 4.78 is 11.0. The number of amides is 5. The van der Waals surface area contributed by atoms with Gasteiger partial charge in [-0.3, -0.25) is 14.4 Å². The first kappa shape index (κ1) is 22.0. The molecule has 3 rings (SSSR count). The second-order valence-corrected chi connectivity index (χ2v) is 6.56. The number of benzene rings is 1. The molecule has 162 valence electrons. The monoisotopic (exact) mass is 446 g/mol. The molecule has 1 saturated heterocycles. The van der Waals surface area contributed by atoms with Gasteiger partial charge in [-0.05, 0) is 38.1 Å². The van der Waals surface area contributed by atoms with Crippen molar-refractivity contribution in [2.75, 3.05) is 30.0 Å². The van der Waals surface area contributed by atoms with Gasteiger partial charge in [0.25, 0.3) is 0 Å². The van der Waals surface area contributed by atoms with E-state index in [-0.39, 0.29) is 16.5 Å². The maximum absolute atomic E-state index is 12.8. The van der Waals surface area contributed by atoms with E-state index in [9.17, 15) is 19.2 Å². The van der Waals surface area contributed by atoms with Crippen LogP contribution in [0, 0.1) is 0 Å². The smallest absolute Gasteiger partial charge is 0.339 e. The zero-order valence-electron chi connectivity index (χ0n) is 16.8. The van der Waals surface area contributed by atoms with E-state index in [1.807, 2.05) is 0 Å². The lowest BCUT2D eigenvalue weighted by Gasteiger charge is -2.17. The number of pyridine rings is 1. The van der Waals surface area contributed by atoms with Gasteiger partial charge in [-0.1, -0.05) is 11.6 Å². The summed E-state index contributed by atoms with van der Waals surface area (Å²) in [4.78, 5) is 55.0. The Labute approximate surface area is 182 Å². The predicted molar refractivity (Wildman–Crippen MR) is 111 cm³/mol. The highest BCUT2D eigenvalue weighted by molar-refractivity contribution is 6.53. The summed E-state index contributed by atoms with van der Waals surface area (Å²) in [5, 5.41) is 2.50. The van der Waals surface area contributed by atoms with Crippen LogP contribution < -0.4 is 19.7 Å². The largest absolute Gasteiger partial charge is 0.490 e. The predicted octanol–water partition coefficient (Wildman–Crippen LogP) is 2.47. The lowest BCUT2D eigenvalue weighted by Crippen LogP contribution is -2.39. The Morgan fingerprint density at radius 3 is 2.45 bits per heavy atom. The zero-order valence-corrected chi connectivity index (χ0v) is 17.5. The molecule has 5 amide bonds. The molecule has 1 fully saturated rings. The van der Waals surface area contributed by atoms with Crippen LogP contribution in [0.25, 0.3) is 0 Å². The molecule has 1 N–H and O–H groups in total. The fourth-order valence-electron chi connectivity index (χ4n) is 2.86. The van der Waals surface area contributed by atoms with Gasteiger partial charge < -0.3 is 14.8 Å². The highest BCUT2D eigenvalue weighted by atomic mass is 35.5. The van der Waals surface area contributed by atoms with Crippen LogP contribution in [0.1, 0.15) is 13.8 Å². The first-order chi connectivity index (χ1) is 14.9. The Morgan fingerprint density at radius 1 is 1.06 bits per heavy atom. The molecule has 0 saturated carbocycles. The summed E-state index contributed by atoms with van der Waals surface area (Å²) in [5.41, 5.74) is 0.331. The third kappa shape index (κ3) is 4.58. The van der Waals surface area contributed by atoms with Crippen molar-refractivity contribution in [3.05, 3.63) is 41.7 Å². The van der Waals surface area contributed by atoms with Crippen LogP contribution in [0.5, 0.6) is 11.5 Å². The van der Waals surface area contributed by atoms with Crippen molar-refractivity contribution < 1.29 is 28.7 Å². The van der Waals surface area contributed by atoms with Crippen LogP contribution in [0.2, 0.25) is 5.15 Å². The van der Waals surface area contributed by atoms with Gasteiger partial charge in [-0.15, -0.1) is 0 Å². The molecule has 0 radical (unpaired) electrons. The minimum atomic E-state index is -1.12. The van der Waals surface area contributed by atoms with E-state index in [1.165, 1.54) is 30.5 Å². The fraction of sp³-hybridized carbons (Fsp3) is 0.250. The Kier molecular flexibility index (Phi) is 6.71. The molecule has 1 aliphatic heterocycles. The number of hydrogen-bond donors (Lipinski definition) is 1. The van der Waals surface area contributed by atoms with Crippen molar-refractivity contribution in [3.8, 4) is 11.5 Å². The molecule has 0 unspecified atom stereocenters. The van der Waals surface area contributed by atoms with Crippen LogP contribution in [0.3, 0.4) is 0 Å². The molecule has 2 heterocycles. The summed E-state index contributed by atoms with van der Waals surface area (Å²) in [6.07, 6.45) is 1.44. The van der Waals surface area contributed by atoms with E-state index >= 15 is 0 Å². The van der Waals surface area contributed by atoms with Crippen LogP contribution in [-0.4, -0.2) is 53.4 Å². The van der Waals surface area contributed by atoms with E-state index in [0.717, 1.165) is 0 Å². The first-order valence-electron chi connectivity index (χ1n) is 9.37. The van der Waals surface area contributed by atoms with Gasteiger partial charge in [0.1, 0.15) is 6.54 Å². The number of nitrogens with one attached hydrogen (secondary N) is 1. The lowest BCUT2D eigenvalue weighted by molar-refractivity contribution is -0.140. The third-order valence-electron chi connectivity index (χ3n) is 4.17. The Balaban J connectivity index is 1.80. The number of carbonyl (C=O) groups is 4. The zero-order chi connectivity index (χ0) is 22.5. The molecule has 2 aromatic rings. The quantitative estimate of drug-likeness (QED) is 0.376. The summed E-state index contributed by atoms with van der Waals surface area (Å²) in [6.45, 7) is 3.63. The van der Waals surface area contributed by atoms with Crippen molar-refractivity contribution in [1.82, 2.24) is 9.88 Å². The molecule has 0 spiro atoms. The highest BCUT2D eigenvalue weighted by Crippen LogP contribution is 2.34. The number of carbonyl (C=O) groups excluding carboxylic acids is 4. The minimum absolute atomic E-state index is 0.0467. The van der Waals surface area contributed by atoms with Gasteiger partial charge in [-0.25, -0.2) is 19.6 Å². The molecule has 0 bridgehead atoms. The van der Waals surface area contributed by atoms with Gasteiger partial charge in [0.05, 0.1) is 24.6 Å².